The third-order valence-corrected chi connectivity index (χ3v) is 1.35. The molecule has 0 aliphatic rings. The molecule has 1 amide bonds. The Labute approximate surface area is 73.1 Å². The van der Waals surface area contributed by atoms with E-state index in [4.69, 9.17) is 5.11 Å². The molecule has 0 heterocycles. The molecular formula is C7H6N2O4. The highest BCUT2D eigenvalue weighted by Crippen LogP contribution is 2.12. The van der Waals surface area contributed by atoms with Gasteiger partial charge in [0, 0.05) is 5.01 Å². The smallest absolute Gasteiger partial charge is 0.461 e. The molecule has 1 aromatic carbocycles. The second kappa shape index (κ2) is 3.53. The minimum absolute atomic E-state index is 0.0139. The van der Waals surface area contributed by atoms with E-state index < -0.39 is 11.1 Å². The lowest BCUT2D eigenvalue weighted by Crippen LogP contribution is -2.34. The molecule has 0 aromatic heterocycles. The third kappa shape index (κ3) is 1.92. The predicted molar refractivity (Wildman–Crippen MR) is 43.9 cm³/mol. The minimum atomic E-state index is -1.61. The van der Waals surface area contributed by atoms with Crippen molar-refractivity contribution in [3.8, 4) is 0 Å². The highest BCUT2D eigenvalue weighted by atomic mass is 16.7. The molecular weight excluding hydrogens is 176 g/mol. The number of hydrazine groups is 1. The summed E-state index contributed by atoms with van der Waals surface area (Å²) in [6, 6.07) is 7.38. The Kier molecular flexibility index (Phi) is 2.44. The second-order valence-electron chi connectivity index (χ2n) is 2.17. The van der Waals surface area contributed by atoms with Crippen molar-refractivity contribution < 1.29 is 14.9 Å². The van der Waals surface area contributed by atoms with E-state index in [9.17, 15) is 14.9 Å². The van der Waals surface area contributed by atoms with Gasteiger partial charge in [-0.2, -0.15) is 0 Å². The molecule has 0 atom stereocenters. The van der Waals surface area contributed by atoms with Gasteiger partial charge in [-0.05, 0) is 12.1 Å². The first-order valence-corrected chi connectivity index (χ1v) is 3.35. The van der Waals surface area contributed by atoms with Gasteiger partial charge in [-0.15, -0.1) is 0 Å². The van der Waals surface area contributed by atoms with E-state index in [0.717, 1.165) is 0 Å². The van der Waals surface area contributed by atoms with Crippen LogP contribution in [0.25, 0.3) is 0 Å². The Bertz CT molecular complexity index is 311. The lowest BCUT2D eigenvalue weighted by Gasteiger charge is -2.06. The van der Waals surface area contributed by atoms with Crippen LogP contribution in [0.1, 0.15) is 0 Å². The van der Waals surface area contributed by atoms with E-state index in [2.05, 4.69) is 0 Å². The average Bonchev–Trinajstić information content (AvgIpc) is 2.04. The summed E-state index contributed by atoms with van der Waals surface area (Å²) in [5.41, 5.74) is 0.0139. The zero-order chi connectivity index (χ0) is 9.84. The number of hydrogen-bond acceptors (Lipinski definition) is 3. The van der Waals surface area contributed by atoms with Gasteiger partial charge in [0.05, 0.1) is 0 Å². The highest BCUT2D eigenvalue weighted by molar-refractivity contribution is 5.82. The van der Waals surface area contributed by atoms with Gasteiger partial charge in [0.1, 0.15) is 5.69 Å². The molecule has 1 N–H and O–H groups in total. The molecule has 68 valence electrons. The predicted octanol–water partition coefficient (Wildman–Crippen LogP) is 1.36. The van der Waals surface area contributed by atoms with Crippen LogP contribution in [0.15, 0.2) is 30.3 Å². The van der Waals surface area contributed by atoms with Gasteiger partial charge >= 0.3 is 6.09 Å². The summed E-state index contributed by atoms with van der Waals surface area (Å²) in [6.45, 7) is 0. The topological polar surface area (TPSA) is 83.7 Å². The molecule has 0 radical (unpaired) electrons. The summed E-state index contributed by atoms with van der Waals surface area (Å²) >= 11 is 0. The zero-order valence-corrected chi connectivity index (χ0v) is 6.45. The number of nitrogens with zero attached hydrogens (tertiary/aromatic N) is 2. The SMILES string of the molecule is O=C(O)N(c1ccccc1)[N+](=O)[O-]. The van der Waals surface area contributed by atoms with Crippen LogP contribution in [0.2, 0.25) is 0 Å². The first-order valence-electron chi connectivity index (χ1n) is 3.35. The molecule has 6 heteroatoms. The monoisotopic (exact) mass is 182 g/mol. The molecule has 13 heavy (non-hydrogen) atoms. The summed E-state index contributed by atoms with van der Waals surface area (Å²) in [5, 5.41) is 17.8. The maximum atomic E-state index is 10.4. The zero-order valence-electron chi connectivity index (χ0n) is 6.45. The van der Waals surface area contributed by atoms with Crippen molar-refractivity contribution in [2.24, 2.45) is 0 Å². The summed E-state index contributed by atoms with van der Waals surface area (Å²) in [6.07, 6.45) is -1.61. The number of carboxylic acid groups (broad SMARTS) is 1. The van der Waals surface area contributed by atoms with Crippen LogP contribution in [-0.4, -0.2) is 16.2 Å². The van der Waals surface area contributed by atoms with Gasteiger partial charge in [0.2, 0.25) is 0 Å². The van der Waals surface area contributed by atoms with Crippen LogP contribution in [0.4, 0.5) is 10.5 Å². The quantitative estimate of drug-likeness (QED) is 0.552. The average molecular weight is 182 g/mol. The van der Waals surface area contributed by atoms with E-state index in [1.54, 1.807) is 6.07 Å². The summed E-state index contributed by atoms with van der Waals surface area (Å²) in [7, 11) is 0. The van der Waals surface area contributed by atoms with Crippen LogP contribution < -0.4 is 5.01 Å². The van der Waals surface area contributed by atoms with Crippen LogP contribution >= 0.6 is 0 Å². The van der Waals surface area contributed by atoms with E-state index in [1.165, 1.54) is 24.3 Å². The molecule has 0 spiro atoms. The van der Waals surface area contributed by atoms with Gasteiger partial charge in [-0.25, -0.2) is 14.9 Å². The van der Waals surface area contributed by atoms with Crippen LogP contribution in [0, 0.1) is 10.1 Å². The Morgan fingerprint density at radius 2 is 1.92 bits per heavy atom. The van der Waals surface area contributed by atoms with Crippen molar-refractivity contribution in [2.45, 2.75) is 0 Å². The Hall–Kier alpha value is -2.11. The summed E-state index contributed by atoms with van der Waals surface area (Å²) in [4.78, 5) is 20.7. The van der Waals surface area contributed by atoms with Gasteiger partial charge in [0.25, 0.3) is 0 Å². The number of anilines is 1. The van der Waals surface area contributed by atoms with Crippen LogP contribution in [-0.2, 0) is 0 Å². The number of rotatable bonds is 2. The Morgan fingerprint density at radius 1 is 1.38 bits per heavy atom. The fraction of sp³-hybridized carbons (Fsp3) is 0. The molecule has 1 aromatic rings. The number of para-hydroxylation sites is 1. The fourth-order valence-corrected chi connectivity index (χ4v) is 0.844. The summed E-state index contributed by atoms with van der Waals surface area (Å²) in [5.74, 6) is 0. The number of benzene rings is 1. The Morgan fingerprint density at radius 3 is 2.31 bits per heavy atom. The maximum absolute atomic E-state index is 10.4. The van der Waals surface area contributed by atoms with E-state index >= 15 is 0 Å². The van der Waals surface area contributed by atoms with Crippen molar-refractivity contribution in [1.29, 1.82) is 0 Å². The lowest BCUT2D eigenvalue weighted by atomic mass is 10.3. The number of hydrogen-bond donors (Lipinski definition) is 1. The van der Waals surface area contributed by atoms with Gasteiger partial charge in [-0.1, -0.05) is 18.2 Å². The molecule has 1 rings (SSSR count). The third-order valence-electron chi connectivity index (χ3n) is 1.35. The van der Waals surface area contributed by atoms with Crippen LogP contribution in [0.3, 0.4) is 0 Å². The summed E-state index contributed by atoms with van der Waals surface area (Å²) < 4.78 is 0. The van der Waals surface area contributed by atoms with Crippen molar-refractivity contribution in [2.75, 3.05) is 5.01 Å². The number of amides is 1. The maximum Gasteiger partial charge on any atom is 0.470 e. The van der Waals surface area contributed by atoms with Crippen molar-refractivity contribution in [1.82, 2.24) is 0 Å². The van der Waals surface area contributed by atoms with E-state index in [-0.39, 0.29) is 10.7 Å². The molecule has 0 aliphatic heterocycles. The Balaban J connectivity index is 3.03. The minimum Gasteiger partial charge on any atom is -0.461 e. The standard InChI is InChI=1S/C7H6N2O4/c10-7(11)8(9(12)13)6-4-2-1-3-5-6/h1-5H,(H,10,11). The molecule has 0 fully saturated rings. The van der Waals surface area contributed by atoms with Crippen LogP contribution in [0.5, 0.6) is 0 Å². The molecule has 0 aliphatic carbocycles. The van der Waals surface area contributed by atoms with Gasteiger partial charge in [-0.3, -0.25) is 0 Å². The number of carbonyl (C=O) groups is 1. The lowest BCUT2D eigenvalue weighted by molar-refractivity contribution is -0.483. The first-order chi connectivity index (χ1) is 6.13. The molecule has 0 saturated carbocycles. The second-order valence-corrected chi connectivity index (χ2v) is 2.17. The van der Waals surface area contributed by atoms with Crippen molar-refractivity contribution in [3.05, 3.63) is 40.4 Å². The van der Waals surface area contributed by atoms with Gasteiger partial charge < -0.3 is 5.11 Å². The molecule has 0 bridgehead atoms. The number of nitro groups is 1. The van der Waals surface area contributed by atoms with Crippen molar-refractivity contribution in [3.63, 3.8) is 0 Å². The van der Waals surface area contributed by atoms with E-state index in [0.29, 0.717) is 0 Å². The normalized spacial score (nSPS) is 9.23. The fourth-order valence-electron chi connectivity index (χ4n) is 0.844. The molecule has 6 nitrogen and oxygen atoms in total. The molecule has 0 unspecified atom stereocenters. The van der Waals surface area contributed by atoms with Crippen molar-refractivity contribution >= 4 is 11.8 Å². The first kappa shape index (κ1) is 8.98. The highest BCUT2D eigenvalue weighted by Gasteiger charge is 2.25. The van der Waals surface area contributed by atoms with E-state index in [1.807, 2.05) is 0 Å². The molecule has 0 saturated heterocycles. The van der Waals surface area contributed by atoms with Gasteiger partial charge in [0.15, 0.2) is 5.03 Å². The largest absolute Gasteiger partial charge is 0.470 e.